The number of carbonyl (C=O) groups excluding carboxylic acids is 1. The lowest BCUT2D eigenvalue weighted by Crippen LogP contribution is -2.52. The maximum absolute atomic E-state index is 12.3. The molecule has 0 aromatic carbocycles. The van der Waals surface area contributed by atoms with Crippen LogP contribution in [0.25, 0.3) is 0 Å². The third kappa shape index (κ3) is 3.45. The summed E-state index contributed by atoms with van der Waals surface area (Å²) < 4.78 is 0. The second-order valence-electron chi connectivity index (χ2n) is 6.30. The predicted molar refractivity (Wildman–Crippen MR) is 73.1 cm³/mol. The Kier molecular flexibility index (Phi) is 4.62. The molecule has 0 spiro atoms. The van der Waals surface area contributed by atoms with E-state index in [1.807, 2.05) is 0 Å². The predicted octanol–water partition coefficient (Wildman–Crippen LogP) is 0.960. The van der Waals surface area contributed by atoms with Crippen LogP contribution in [-0.4, -0.2) is 43.0 Å². The van der Waals surface area contributed by atoms with Gasteiger partial charge in [-0.05, 0) is 51.6 Å². The molecule has 1 saturated heterocycles. The van der Waals surface area contributed by atoms with Crippen LogP contribution < -0.4 is 11.1 Å². The van der Waals surface area contributed by atoms with Gasteiger partial charge in [-0.1, -0.05) is 6.92 Å². The maximum Gasteiger partial charge on any atom is 0.224 e. The molecule has 2 fully saturated rings. The Labute approximate surface area is 110 Å². The minimum atomic E-state index is 0.0287. The van der Waals surface area contributed by atoms with E-state index in [1.165, 1.54) is 6.42 Å². The molecule has 4 heteroatoms. The number of piperidine rings is 1. The first-order valence-electron chi connectivity index (χ1n) is 7.30. The molecule has 2 rings (SSSR count). The van der Waals surface area contributed by atoms with E-state index in [0.717, 1.165) is 38.8 Å². The third-order valence-corrected chi connectivity index (χ3v) is 4.47. The minimum Gasteiger partial charge on any atom is -0.352 e. The van der Waals surface area contributed by atoms with Crippen molar-refractivity contribution >= 4 is 5.91 Å². The summed E-state index contributed by atoms with van der Waals surface area (Å²) in [5.74, 6) is 0.852. The van der Waals surface area contributed by atoms with E-state index < -0.39 is 0 Å². The molecule has 4 atom stereocenters. The third-order valence-electron chi connectivity index (χ3n) is 4.47. The van der Waals surface area contributed by atoms with Crippen molar-refractivity contribution < 1.29 is 4.79 Å². The van der Waals surface area contributed by atoms with Crippen LogP contribution in [0.3, 0.4) is 0 Å². The molecule has 1 saturated carbocycles. The standard InChI is InChI=1S/C14H27N3O/c1-10-5-6-13(15)12(8-10)14(18)16-11-4-3-7-17(2)9-11/h10-13H,3-9,15H2,1-2H3,(H,16,18). The van der Waals surface area contributed by atoms with Crippen LogP contribution in [0.2, 0.25) is 0 Å². The monoisotopic (exact) mass is 253 g/mol. The van der Waals surface area contributed by atoms with Crippen molar-refractivity contribution in [2.45, 2.75) is 51.1 Å². The molecule has 0 bridgehead atoms. The largest absolute Gasteiger partial charge is 0.352 e. The highest BCUT2D eigenvalue weighted by Crippen LogP contribution is 2.28. The molecule has 104 valence electrons. The number of amides is 1. The highest BCUT2D eigenvalue weighted by atomic mass is 16.2. The number of rotatable bonds is 2. The summed E-state index contributed by atoms with van der Waals surface area (Å²) >= 11 is 0. The van der Waals surface area contributed by atoms with Gasteiger partial charge < -0.3 is 16.0 Å². The van der Waals surface area contributed by atoms with Crippen molar-refractivity contribution in [3.8, 4) is 0 Å². The fourth-order valence-electron chi connectivity index (χ4n) is 3.30. The number of nitrogens with two attached hydrogens (primary N) is 1. The number of hydrogen-bond donors (Lipinski definition) is 2. The summed E-state index contributed by atoms with van der Waals surface area (Å²) in [7, 11) is 2.12. The number of carbonyl (C=O) groups is 1. The van der Waals surface area contributed by atoms with Crippen molar-refractivity contribution in [2.24, 2.45) is 17.6 Å². The first-order valence-corrected chi connectivity index (χ1v) is 7.30. The molecule has 0 aromatic rings. The van der Waals surface area contributed by atoms with Crippen LogP contribution >= 0.6 is 0 Å². The Bertz CT molecular complexity index is 295. The summed E-state index contributed by atoms with van der Waals surface area (Å²) in [6.45, 7) is 4.34. The Morgan fingerprint density at radius 1 is 1.33 bits per heavy atom. The van der Waals surface area contributed by atoms with E-state index in [1.54, 1.807) is 0 Å². The molecule has 18 heavy (non-hydrogen) atoms. The van der Waals surface area contributed by atoms with Gasteiger partial charge in [0, 0.05) is 18.6 Å². The van der Waals surface area contributed by atoms with E-state index in [0.29, 0.717) is 12.0 Å². The molecule has 4 nitrogen and oxygen atoms in total. The highest BCUT2D eigenvalue weighted by Gasteiger charge is 2.32. The van der Waals surface area contributed by atoms with Gasteiger partial charge in [0.05, 0.1) is 5.92 Å². The summed E-state index contributed by atoms with van der Waals surface area (Å²) in [4.78, 5) is 14.6. The van der Waals surface area contributed by atoms with Gasteiger partial charge in [0.15, 0.2) is 0 Å². The minimum absolute atomic E-state index is 0.0287. The maximum atomic E-state index is 12.3. The molecule has 0 aromatic heterocycles. The molecular weight excluding hydrogens is 226 g/mol. The normalized spacial score (nSPS) is 38.4. The van der Waals surface area contributed by atoms with Crippen LogP contribution in [0, 0.1) is 11.8 Å². The van der Waals surface area contributed by atoms with Crippen molar-refractivity contribution in [1.82, 2.24) is 10.2 Å². The summed E-state index contributed by atoms with van der Waals surface area (Å²) in [6.07, 6.45) is 5.39. The van der Waals surface area contributed by atoms with Gasteiger partial charge in [-0.3, -0.25) is 4.79 Å². The number of likely N-dealkylation sites (N-methyl/N-ethyl adjacent to an activating group) is 1. The zero-order valence-corrected chi connectivity index (χ0v) is 11.7. The van der Waals surface area contributed by atoms with E-state index in [4.69, 9.17) is 5.73 Å². The van der Waals surface area contributed by atoms with Gasteiger partial charge in [0.2, 0.25) is 5.91 Å². The average Bonchev–Trinajstić information content (AvgIpc) is 2.32. The molecule has 1 heterocycles. The lowest BCUT2D eigenvalue weighted by molar-refractivity contribution is -0.128. The summed E-state index contributed by atoms with van der Waals surface area (Å²) in [5, 5.41) is 3.21. The van der Waals surface area contributed by atoms with Crippen LogP contribution in [0.1, 0.15) is 39.0 Å². The Hall–Kier alpha value is -0.610. The van der Waals surface area contributed by atoms with Crippen molar-refractivity contribution in [3.63, 3.8) is 0 Å². The van der Waals surface area contributed by atoms with Gasteiger partial charge in [0.1, 0.15) is 0 Å². The van der Waals surface area contributed by atoms with Gasteiger partial charge in [-0.15, -0.1) is 0 Å². The molecule has 1 aliphatic carbocycles. The fraction of sp³-hybridized carbons (Fsp3) is 0.929. The SMILES string of the molecule is CC1CCC(N)C(C(=O)NC2CCCN(C)C2)C1. The zero-order valence-electron chi connectivity index (χ0n) is 11.7. The molecule has 0 radical (unpaired) electrons. The fourth-order valence-corrected chi connectivity index (χ4v) is 3.30. The van der Waals surface area contributed by atoms with Crippen LogP contribution in [0.4, 0.5) is 0 Å². The van der Waals surface area contributed by atoms with Crippen molar-refractivity contribution in [1.29, 1.82) is 0 Å². The van der Waals surface area contributed by atoms with Gasteiger partial charge in [-0.25, -0.2) is 0 Å². The highest BCUT2D eigenvalue weighted by molar-refractivity contribution is 5.79. The molecule has 1 aliphatic heterocycles. The Balaban J connectivity index is 1.86. The molecule has 3 N–H and O–H groups in total. The number of likely N-dealkylation sites (tertiary alicyclic amines) is 1. The van der Waals surface area contributed by atoms with E-state index in [9.17, 15) is 4.79 Å². The van der Waals surface area contributed by atoms with Crippen LogP contribution in [0.5, 0.6) is 0 Å². The molecule has 1 amide bonds. The van der Waals surface area contributed by atoms with Crippen LogP contribution in [-0.2, 0) is 4.79 Å². The van der Waals surface area contributed by atoms with E-state index in [2.05, 4.69) is 24.2 Å². The van der Waals surface area contributed by atoms with E-state index in [-0.39, 0.29) is 17.9 Å². The second kappa shape index (κ2) is 6.02. The quantitative estimate of drug-likeness (QED) is 0.770. The van der Waals surface area contributed by atoms with E-state index >= 15 is 0 Å². The lowest BCUT2D eigenvalue weighted by Gasteiger charge is -2.35. The van der Waals surface area contributed by atoms with Crippen molar-refractivity contribution in [2.75, 3.05) is 20.1 Å². The first kappa shape index (κ1) is 13.8. The second-order valence-corrected chi connectivity index (χ2v) is 6.30. The van der Waals surface area contributed by atoms with Gasteiger partial charge >= 0.3 is 0 Å². The zero-order chi connectivity index (χ0) is 13.1. The summed E-state index contributed by atoms with van der Waals surface area (Å²) in [6, 6.07) is 0.378. The Morgan fingerprint density at radius 3 is 2.83 bits per heavy atom. The average molecular weight is 253 g/mol. The number of nitrogens with one attached hydrogen (secondary N) is 1. The lowest BCUT2D eigenvalue weighted by atomic mass is 9.78. The van der Waals surface area contributed by atoms with Crippen LogP contribution in [0.15, 0.2) is 0 Å². The first-order chi connectivity index (χ1) is 8.56. The summed E-state index contributed by atoms with van der Waals surface area (Å²) in [5.41, 5.74) is 6.10. The van der Waals surface area contributed by atoms with Gasteiger partial charge in [0.25, 0.3) is 0 Å². The molecular formula is C14H27N3O. The number of hydrogen-bond acceptors (Lipinski definition) is 3. The van der Waals surface area contributed by atoms with Gasteiger partial charge in [-0.2, -0.15) is 0 Å². The molecule has 2 aliphatic rings. The topological polar surface area (TPSA) is 58.4 Å². The van der Waals surface area contributed by atoms with Crippen molar-refractivity contribution in [3.05, 3.63) is 0 Å². The smallest absolute Gasteiger partial charge is 0.224 e. The molecule has 4 unspecified atom stereocenters. The number of nitrogens with zero attached hydrogens (tertiary/aromatic N) is 1. The Morgan fingerprint density at radius 2 is 2.11 bits per heavy atom.